The van der Waals surface area contributed by atoms with Gasteiger partial charge in [-0.05, 0) is 40.9 Å². The minimum absolute atomic E-state index is 0.283. The summed E-state index contributed by atoms with van der Waals surface area (Å²) in [7, 11) is 0. The summed E-state index contributed by atoms with van der Waals surface area (Å²) in [5.41, 5.74) is 9.15. The first kappa shape index (κ1) is 15.5. The van der Waals surface area contributed by atoms with E-state index in [1.807, 2.05) is 0 Å². The predicted molar refractivity (Wildman–Crippen MR) is 75.2 cm³/mol. The molecule has 0 amide bonds. The van der Waals surface area contributed by atoms with Gasteiger partial charge in [-0.25, -0.2) is 8.78 Å². The quantitative estimate of drug-likeness (QED) is 0.516. The van der Waals surface area contributed by atoms with Crippen molar-refractivity contribution >= 4 is 5.97 Å². The molecule has 2 aromatic rings. The summed E-state index contributed by atoms with van der Waals surface area (Å²) < 4.78 is 26.9. The molecule has 0 aliphatic heterocycles. The molecule has 22 heavy (non-hydrogen) atoms. The molecule has 0 spiro atoms. The van der Waals surface area contributed by atoms with Gasteiger partial charge in [-0.1, -0.05) is 29.4 Å². The Balaban J connectivity index is 2.63. The molecule has 112 valence electrons. The third-order valence-electron chi connectivity index (χ3n) is 3.16. The van der Waals surface area contributed by atoms with Gasteiger partial charge in [0.15, 0.2) is 0 Å². The molecule has 5 nitrogen and oxygen atoms in total. The van der Waals surface area contributed by atoms with E-state index in [1.165, 1.54) is 36.4 Å². The Kier molecular flexibility index (Phi) is 4.70. The fourth-order valence-electron chi connectivity index (χ4n) is 2.27. The van der Waals surface area contributed by atoms with E-state index in [-0.39, 0.29) is 11.1 Å². The number of nitrogens with zero attached hydrogens (tertiary/aromatic N) is 3. The van der Waals surface area contributed by atoms with E-state index >= 15 is 0 Å². The predicted octanol–water partition coefficient (Wildman–Crippen LogP) is 3.86. The van der Waals surface area contributed by atoms with Crippen LogP contribution in [0.1, 0.15) is 17.0 Å². The second-order valence-electron chi connectivity index (χ2n) is 4.58. The highest BCUT2D eigenvalue weighted by molar-refractivity contribution is 5.76. The summed E-state index contributed by atoms with van der Waals surface area (Å²) in [4.78, 5) is 13.9. The molecular formula is C15H11F2N3O2. The van der Waals surface area contributed by atoms with Gasteiger partial charge in [0.1, 0.15) is 17.7 Å². The average molecular weight is 303 g/mol. The van der Waals surface area contributed by atoms with Crippen LogP contribution in [0.25, 0.3) is 10.4 Å². The van der Waals surface area contributed by atoms with Crippen molar-refractivity contribution in [1.29, 1.82) is 0 Å². The molecule has 0 heterocycles. The summed E-state index contributed by atoms with van der Waals surface area (Å²) >= 11 is 0. The van der Waals surface area contributed by atoms with E-state index in [4.69, 9.17) is 5.53 Å². The monoisotopic (exact) mass is 303 g/mol. The van der Waals surface area contributed by atoms with Crippen LogP contribution in [-0.4, -0.2) is 17.1 Å². The van der Waals surface area contributed by atoms with Crippen LogP contribution in [-0.2, 0) is 4.79 Å². The number of benzene rings is 2. The van der Waals surface area contributed by atoms with E-state index in [0.29, 0.717) is 0 Å². The molecule has 2 rings (SSSR count). The number of halogens is 2. The first-order chi connectivity index (χ1) is 10.5. The molecular weight excluding hydrogens is 292 g/mol. The van der Waals surface area contributed by atoms with Crippen LogP contribution in [0.2, 0.25) is 0 Å². The standard InChI is InChI=1S/C15H11F2N3O2/c16-11-5-1-3-9(7-11)13(14(15(21)22)19-20-18)10-4-2-6-12(17)8-10/h1-8,13-14H,(H,21,22). The maximum atomic E-state index is 13.4. The second-order valence-corrected chi connectivity index (χ2v) is 4.58. The molecule has 0 radical (unpaired) electrons. The van der Waals surface area contributed by atoms with Crippen molar-refractivity contribution in [3.63, 3.8) is 0 Å². The first-order valence-electron chi connectivity index (χ1n) is 6.31. The summed E-state index contributed by atoms with van der Waals surface area (Å²) in [6.07, 6.45) is 0. The van der Waals surface area contributed by atoms with Gasteiger partial charge in [-0.15, -0.1) is 0 Å². The van der Waals surface area contributed by atoms with Gasteiger partial charge >= 0.3 is 5.97 Å². The number of carboxylic acids is 1. The maximum absolute atomic E-state index is 13.4. The van der Waals surface area contributed by atoms with Crippen LogP contribution in [0.5, 0.6) is 0 Å². The van der Waals surface area contributed by atoms with E-state index in [1.54, 1.807) is 0 Å². The Labute approximate surface area is 124 Å². The maximum Gasteiger partial charge on any atom is 0.313 e. The van der Waals surface area contributed by atoms with Gasteiger partial charge in [0.05, 0.1) is 0 Å². The third kappa shape index (κ3) is 3.39. The van der Waals surface area contributed by atoms with Crippen molar-refractivity contribution in [2.75, 3.05) is 0 Å². The van der Waals surface area contributed by atoms with Gasteiger partial charge in [-0.3, -0.25) is 4.79 Å². The molecule has 2 aromatic carbocycles. The fourth-order valence-corrected chi connectivity index (χ4v) is 2.27. The van der Waals surface area contributed by atoms with E-state index in [9.17, 15) is 18.7 Å². The number of carbonyl (C=O) groups is 1. The van der Waals surface area contributed by atoms with Crippen molar-refractivity contribution in [1.82, 2.24) is 0 Å². The number of carboxylic acid groups (broad SMARTS) is 1. The van der Waals surface area contributed by atoms with Gasteiger partial charge < -0.3 is 5.11 Å². The zero-order chi connectivity index (χ0) is 16.1. The van der Waals surface area contributed by atoms with Gasteiger partial charge in [0, 0.05) is 10.8 Å². The number of azide groups is 1. The average Bonchev–Trinajstić information content (AvgIpc) is 2.47. The minimum Gasteiger partial charge on any atom is -0.481 e. The van der Waals surface area contributed by atoms with Crippen LogP contribution in [0.15, 0.2) is 53.6 Å². The number of aliphatic carboxylic acids is 1. The lowest BCUT2D eigenvalue weighted by Crippen LogP contribution is -2.26. The van der Waals surface area contributed by atoms with Crippen molar-refractivity contribution in [2.45, 2.75) is 12.0 Å². The SMILES string of the molecule is [N-]=[N+]=NC(C(=O)O)C(c1cccc(F)c1)c1cccc(F)c1. The minimum atomic E-state index is -1.52. The molecule has 1 N–H and O–H groups in total. The number of hydrogen-bond acceptors (Lipinski definition) is 2. The van der Waals surface area contributed by atoms with Crippen molar-refractivity contribution in [3.8, 4) is 0 Å². The fraction of sp³-hybridized carbons (Fsp3) is 0.133. The van der Waals surface area contributed by atoms with Crippen LogP contribution >= 0.6 is 0 Å². The Morgan fingerprint density at radius 3 is 1.95 bits per heavy atom. The summed E-state index contributed by atoms with van der Waals surface area (Å²) in [6, 6.07) is 8.98. The van der Waals surface area contributed by atoms with E-state index in [0.717, 1.165) is 12.1 Å². The van der Waals surface area contributed by atoms with Crippen LogP contribution in [0, 0.1) is 11.6 Å². The highest BCUT2D eigenvalue weighted by atomic mass is 19.1. The first-order valence-corrected chi connectivity index (χ1v) is 6.31. The molecule has 1 atom stereocenters. The van der Waals surface area contributed by atoms with Crippen molar-refractivity contribution in [3.05, 3.63) is 81.7 Å². The summed E-state index contributed by atoms with van der Waals surface area (Å²) in [6.45, 7) is 0. The second kappa shape index (κ2) is 6.69. The molecule has 0 aliphatic rings. The van der Waals surface area contributed by atoms with Crippen LogP contribution in [0.3, 0.4) is 0 Å². The number of rotatable bonds is 5. The Morgan fingerprint density at radius 2 is 1.59 bits per heavy atom. The molecule has 0 aliphatic carbocycles. The normalized spacial score (nSPS) is 11.8. The molecule has 7 heteroatoms. The molecule has 1 unspecified atom stereocenters. The van der Waals surface area contributed by atoms with Gasteiger partial charge in [0.25, 0.3) is 0 Å². The highest BCUT2D eigenvalue weighted by Gasteiger charge is 2.30. The topological polar surface area (TPSA) is 86.1 Å². The molecule has 0 saturated carbocycles. The van der Waals surface area contributed by atoms with Crippen molar-refractivity contribution < 1.29 is 18.7 Å². The zero-order valence-corrected chi connectivity index (χ0v) is 11.2. The molecule has 0 fully saturated rings. The van der Waals surface area contributed by atoms with E-state index in [2.05, 4.69) is 10.0 Å². The van der Waals surface area contributed by atoms with Gasteiger partial charge in [0.2, 0.25) is 0 Å². The number of hydrogen-bond donors (Lipinski definition) is 1. The Hall–Kier alpha value is -2.92. The summed E-state index contributed by atoms with van der Waals surface area (Å²) in [5, 5.41) is 12.6. The zero-order valence-electron chi connectivity index (χ0n) is 11.2. The lowest BCUT2D eigenvalue weighted by molar-refractivity contribution is -0.138. The largest absolute Gasteiger partial charge is 0.481 e. The lowest BCUT2D eigenvalue weighted by Gasteiger charge is -2.21. The smallest absolute Gasteiger partial charge is 0.313 e. The highest BCUT2D eigenvalue weighted by Crippen LogP contribution is 2.31. The molecule has 0 aromatic heterocycles. The van der Waals surface area contributed by atoms with E-state index < -0.39 is 29.6 Å². The van der Waals surface area contributed by atoms with Gasteiger partial charge in [-0.2, -0.15) is 0 Å². The molecule has 0 bridgehead atoms. The Morgan fingerprint density at radius 1 is 1.09 bits per heavy atom. The molecule has 0 saturated heterocycles. The van der Waals surface area contributed by atoms with Crippen molar-refractivity contribution in [2.24, 2.45) is 5.11 Å². The van der Waals surface area contributed by atoms with Crippen LogP contribution < -0.4 is 0 Å². The van der Waals surface area contributed by atoms with Crippen LogP contribution in [0.4, 0.5) is 8.78 Å². The lowest BCUT2D eigenvalue weighted by atomic mass is 9.85. The Bertz CT molecular complexity index is 698. The summed E-state index contributed by atoms with van der Waals surface area (Å²) in [5.74, 6) is -3.51. The third-order valence-corrected chi connectivity index (χ3v) is 3.16.